The Morgan fingerprint density at radius 3 is 2.22 bits per heavy atom. The van der Waals surface area contributed by atoms with Crippen LogP contribution in [-0.2, 0) is 27.3 Å². The van der Waals surface area contributed by atoms with Gasteiger partial charge in [-0.15, -0.1) is 0 Å². The highest BCUT2D eigenvalue weighted by Crippen LogP contribution is 2.29. The minimum absolute atomic E-state index is 0.0663. The molecule has 0 radical (unpaired) electrons. The van der Waals surface area contributed by atoms with Gasteiger partial charge in [0.25, 0.3) is 0 Å². The molecule has 2 aromatic rings. The van der Waals surface area contributed by atoms with Crippen LogP contribution in [0.3, 0.4) is 0 Å². The van der Waals surface area contributed by atoms with Gasteiger partial charge in [0.1, 0.15) is 6.61 Å². The molecule has 0 spiro atoms. The molecular weight excluding hydrogens is 290 g/mol. The Bertz CT molecular complexity index is 697. The average molecular weight is 309 g/mol. The molecule has 1 heterocycles. The van der Waals surface area contributed by atoms with E-state index in [1.54, 1.807) is 0 Å². The molecule has 0 bridgehead atoms. The number of hydrogen-bond acceptors (Lipinski definition) is 4. The molecule has 3 rings (SSSR count). The highest BCUT2D eigenvalue weighted by Gasteiger charge is 2.45. The van der Waals surface area contributed by atoms with E-state index in [0.717, 1.165) is 11.1 Å². The fourth-order valence-electron chi connectivity index (χ4n) is 2.59. The van der Waals surface area contributed by atoms with Crippen molar-refractivity contribution in [2.45, 2.75) is 31.9 Å². The summed E-state index contributed by atoms with van der Waals surface area (Å²) in [5, 5.41) is 0. The monoisotopic (exact) mass is 309 g/mol. The van der Waals surface area contributed by atoms with Crippen LogP contribution in [0.25, 0.3) is 0 Å². The summed E-state index contributed by atoms with van der Waals surface area (Å²) in [6.07, 6.45) is 1.15. The summed E-state index contributed by atoms with van der Waals surface area (Å²) in [5.41, 5.74) is 1.18. The molecule has 4 nitrogen and oxygen atoms in total. The average Bonchev–Trinajstić information content (AvgIpc) is 2.91. The highest BCUT2D eigenvalue weighted by molar-refractivity contribution is 5.97. The fraction of sp³-hybridized carbons (Fsp3) is 0.263. The zero-order chi connectivity index (χ0) is 16.1. The first kappa shape index (κ1) is 15.3. The van der Waals surface area contributed by atoms with Crippen molar-refractivity contribution in [1.29, 1.82) is 0 Å². The van der Waals surface area contributed by atoms with Crippen LogP contribution < -0.4 is 0 Å². The van der Waals surface area contributed by atoms with Gasteiger partial charge in [-0.3, -0.25) is 0 Å². The van der Waals surface area contributed by atoms with Crippen LogP contribution >= 0.6 is 0 Å². The summed E-state index contributed by atoms with van der Waals surface area (Å²) in [4.78, 5) is 16.8. The number of rotatable bonds is 5. The van der Waals surface area contributed by atoms with E-state index in [-0.39, 0.29) is 12.1 Å². The Hall–Kier alpha value is -2.62. The van der Waals surface area contributed by atoms with Crippen molar-refractivity contribution in [2.24, 2.45) is 4.99 Å². The number of benzene rings is 2. The lowest BCUT2D eigenvalue weighted by molar-refractivity contribution is -0.140. The van der Waals surface area contributed by atoms with Gasteiger partial charge in [-0.2, -0.15) is 4.99 Å². The summed E-state index contributed by atoms with van der Waals surface area (Å²) in [6.45, 7) is 2.27. The smallest absolute Gasteiger partial charge is 0.392 e. The van der Waals surface area contributed by atoms with Gasteiger partial charge in [0.05, 0.1) is 0 Å². The van der Waals surface area contributed by atoms with Crippen LogP contribution in [0.1, 0.15) is 24.5 Å². The van der Waals surface area contributed by atoms with Crippen LogP contribution in [-0.4, -0.2) is 17.6 Å². The number of esters is 1. The second kappa shape index (κ2) is 6.65. The Morgan fingerprint density at radius 1 is 1.00 bits per heavy atom. The van der Waals surface area contributed by atoms with Crippen LogP contribution in [0.4, 0.5) is 0 Å². The van der Waals surface area contributed by atoms with E-state index >= 15 is 0 Å². The topological polar surface area (TPSA) is 47.9 Å². The minimum atomic E-state index is -0.882. The molecule has 0 saturated heterocycles. The highest BCUT2D eigenvalue weighted by atomic mass is 16.7. The Morgan fingerprint density at radius 2 is 1.61 bits per heavy atom. The third kappa shape index (κ3) is 3.42. The van der Waals surface area contributed by atoms with E-state index < -0.39 is 5.54 Å². The molecular formula is C19H19NO3. The van der Waals surface area contributed by atoms with E-state index in [0.29, 0.717) is 19.4 Å². The summed E-state index contributed by atoms with van der Waals surface area (Å²) in [6, 6.07) is 19.6. The molecule has 118 valence electrons. The lowest BCUT2D eigenvalue weighted by Crippen LogP contribution is -2.35. The molecule has 0 N–H and O–H groups in total. The molecule has 0 aromatic heterocycles. The molecule has 1 atom stereocenters. The number of nitrogens with zero attached hydrogens (tertiary/aromatic N) is 1. The molecule has 1 aliphatic rings. The predicted octanol–water partition coefficient (Wildman–Crippen LogP) is 3.51. The number of carbonyl (C=O) groups is 1. The SMILES string of the molecule is CC[C@@]1(Cc2ccccc2)N=C(OCc2ccccc2)OC1=O. The predicted molar refractivity (Wildman–Crippen MR) is 87.9 cm³/mol. The van der Waals surface area contributed by atoms with Crippen molar-refractivity contribution in [3.63, 3.8) is 0 Å². The lowest BCUT2D eigenvalue weighted by Gasteiger charge is -2.19. The Balaban J connectivity index is 1.73. The van der Waals surface area contributed by atoms with Gasteiger partial charge in [0.15, 0.2) is 5.54 Å². The van der Waals surface area contributed by atoms with Crippen LogP contribution in [0, 0.1) is 0 Å². The first-order chi connectivity index (χ1) is 11.2. The standard InChI is InChI=1S/C19H19NO3/c1-2-19(13-15-9-5-3-6-10-15)17(21)23-18(20-19)22-14-16-11-7-4-8-12-16/h3-12H,2,13-14H2,1H3/t19-/m0/s1. The molecule has 1 aliphatic heterocycles. The molecule has 0 unspecified atom stereocenters. The number of cyclic esters (lactones) is 1. The molecule has 0 saturated carbocycles. The number of hydrogen-bond donors (Lipinski definition) is 0. The fourth-order valence-corrected chi connectivity index (χ4v) is 2.59. The van der Waals surface area contributed by atoms with Crippen molar-refractivity contribution >= 4 is 12.1 Å². The number of ether oxygens (including phenoxy) is 2. The molecule has 0 aliphatic carbocycles. The largest absolute Gasteiger partial charge is 0.445 e. The summed E-state index contributed by atoms with van der Waals surface area (Å²) in [5.74, 6) is -0.341. The van der Waals surface area contributed by atoms with Gasteiger partial charge in [-0.05, 0) is 17.5 Å². The van der Waals surface area contributed by atoms with Gasteiger partial charge in [-0.1, -0.05) is 67.6 Å². The summed E-state index contributed by atoms with van der Waals surface area (Å²) < 4.78 is 10.8. The molecule has 0 fully saturated rings. The quantitative estimate of drug-likeness (QED) is 0.794. The van der Waals surface area contributed by atoms with E-state index in [4.69, 9.17) is 9.47 Å². The molecule has 4 heteroatoms. The van der Waals surface area contributed by atoms with E-state index in [1.807, 2.05) is 67.6 Å². The van der Waals surface area contributed by atoms with Crippen LogP contribution in [0.2, 0.25) is 0 Å². The van der Waals surface area contributed by atoms with Gasteiger partial charge < -0.3 is 9.47 Å². The zero-order valence-electron chi connectivity index (χ0n) is 13.1. The second-order valence-corrected chi connectivity index (χ2v) is 5.59. The van der Waals surface area contributed by atoms with Gasteiger partial charge in [-0.25, -0.2) is 4.79 Å². The van der Waals surface area contributed by atoms with Crippen molar-refractivity contribution in [3.05, 3.63) is 71.8 Å². The molecule has 23 heavy (non-hydrogen) atoms. The number of carbonyl (C=O) groups excluding carboxylic acids is 1. The van der Waals surface area contributed by atoms with E-state index in [2.05, 4.69) is 4.99 Å². The maximum Gasteiger partial charge on any atom is 0.392 e. The van der Waals surface area contributed by atoms with Crippen molar-refractivity contribution in [1.82, 2.24) is 0 Å². The van der Waals surface area contributed by atoms with E-state index in [9.17, 15) is 4.79 Å². The molecule has 0 amide bonds. The van der Waals surface area contributed by atoms with Gasteiger partial charge in [0.2, 0.25) is 0 Å². The van der Waals surface area contributed by atoms with Crippen LogP contribution in [0.15, 0.2) is 65.7 Å². The Labute approximate surface area is 135 Å². The summed E-state index contributed by atoms with van der Waals surface area (Å²) >= 11 is 0. The van der Waals surface area contributed by atoms with Crippen LogP contribution in [0.5, 0.6) is 0 Å². The lowest BCUT2D eigenvalue weighted by atomic mass is 9.89. The maximum absolute atomic E-state index is 12.3. The molecule has 2 aromatic carbocycles. The van der Waals surface area contributed by atoms with Crippen molar-refractivity contribution < 1.29 is 14.3 Å². The van der Waals surface area contributed by atoms with Gasteiger partial charge >= 0.3 is 12.1 Å². The summed E-state index contributed by atoms with van der Waals surface area (Å²) in [7, 11) is 0. The first-order valence-electron chi connectivity index (χ1n) is 7.75. The third-order valence-corrected chi connectivity index (χ3v) is 3.99. The number of aliphatic imine (C=N–C) groups is 1. The normalized spacial score (nSPS) is 20.0. The first-order valence-corrected chi connectivity index (χ1v) is 7.75. The second-order valence-electron chi connectivity index (χ2n) is 5.59. The van der Waals surface area contributed by atoms with Gasteiger partial charge in [0, 0.05) is 6.42 Å². The maximum atomic E-state index is 12.3. The third-order valence-electron chi connectivity index (χ3n) is 3.99. The van der Waals surface area contributed by atoms with E-state index in [1.165, 1.54) is 0 Å². The minimum Gasteiger partial charge on any atom is -0.445 e. The Kier molecular flexibility index (Phi) is 4.42. The van der Waals surface area contributed by atoms with Crippen molar-refractivity contribution in [3.8, 4) is 0 Å². The van der Waals surface area contributed by atoms with Crippen molar-refractivity contribution in [2.75, 3.05) is 0 Å². The zero-order valence-corrected chi connectivity index (χ0v) is 13.1.